The maximum Gasteiger partial charge on any atom is 0.0415 e. The van der Waals surface area contributed by atoms with Gasteiger partial charge in [0.05, 0.1) is 0 Å². The van der Waals surface area contributed by atoms with E-state index in [9.17, 15) is 0 Å². The zero-order valence-electron chi connectivity index (χ0n) is 12.7. The molecule has 1 heterocycles. The number of nitrogens with one attached hydrogen (secondary N) is 1. The molecule has 1 unspecified atom stereocenters. The van der Waals surface area contributed by atoms with Gasteiger partial charge in [0, 0.05) is 30.9 Å². The molecule has 0 spiro atoms. The lowest BCUT2D eigenvalue weighted by Crippen LogP contribution is -2.48. The molecule has 2 rings (SSSR count). The first-order valence-corrected chi connectivity index (χ1v) is 7.25. The maximum absolute atomic E-state index is 3.72. The van der Waals surface area contributed by atoms with E-state index < -0.39 is 0 Å². The molecule has 0 aromatic heterocycles. The summed E-state index contributed by atoms with van der Waals surface area (Å²) < 4.78 is 0. The summed E-state index contributed by atoms with van der Waals surface area (Å²) in [5.74, 6) is 0. The van der Waals surface area contributed by atoms with Gasteiger partial charge in [0.1, 0.15) is 0 Å². The van der Waals surface area contributed by atoms with Crippen LogP contribution >= 0.6 is 0 Å². The summed E-state index contributed by atoms with van der Waals surface area (Å²) in [6.07, 6.45) is 3.46. The average Bonchev–Trinajstić information content (AvgIpc) is 2.55. The number of allylic oxidation sites excluding steroid dienone is 1. The number of hydrogen-bond acceptors (Lipinski definition) is 2. The highest BCUT2D eigenvalue weighted by atomic mass is 15.2. The lowest BCUT2D eigenvalue weighted by atomic mass is 9.98. The molecule has 2 nitrogen and oxygen atoms in total. The fourth-order valence-corrected chi connectivity index (χ4v) is 2.53. The highest BCUT2D eigenvalue weighted by Gasteiger charge is 2.28. The number of nitrogens with zero attached hydrogens (tertiary/aromatic N) is 1. The van der Waals surface area contributed by atoms with Crippen LogP contribution in [0.2, 0.25) is 0 Å². The summed E-state index contributed by atoms with van der Waals surface area (Å²) in [4.78, 5) is 2.51. The van der Waals surface area contributed by atoms with Gasteiger partial charge in [0.25, 0.3) is 0 Å². The first-order valence-electron chi connectivity index (χ1n) is 7.25. The van der Waals surface area contributed by atoms with E-state index in [-0.39, 0.29) is 5.54 Å². The van der Waals surface area contributed by atoms with Gasteiger partial charge in [-0.05, 0) is 38.8 Å². The monoisotopic (exact) mass is 258 g/mol. The Hall–Kier alpha value is -1.28. The average molecular weight is 258 g/mol. The fourth-order valence-electron chi connectivity index (χ4n) is 2.53. The molecular formula is C17H26N2. The Morgan fingerprint density at radius 3 is 2.79 bits per heavy atom. The maximum atomic E-state index is 3.72. The largest absolute Gasteiger partial charge is 0.366 e. The minimum absolute atomic E-state index is 0.189. The molecule has 0 saturated heterocycles. The third kappa shape index (κ3) is 3.38. The Bertz CT molecular complexity index is 460. The van der Waals surface area contributed by atoms with Crippen LogP contribution in [-0.4, -0.2) is 18.6 Å². The van der Waals surface area contributed by atoms with Gasteiger partial charge in [-0.15, -0.1) is 0 Å². The fraction of sp³-hybridized carbons (Fsp3) is 0.529. The molecular weight excluding hydrogens is 232 g/mol. The van der Waals surface area contributed by atoms with Crippen molar-refractivity contribution in [1.29, 1.82) is 0 Å². The third-order valence-corrected chi connectivity index (χ3v) is 4.08. The van der Waals surface area contributed by atoms with Crippen LogP contribution in [-0.2, 0) is 6.54 Å². The Kier molecular flexibility index (Phi) is 4.31. The second-order valence-electron chi connectivity index (χ2n) is 6.06. The van der Waals surface area contributed by atoms with E-state index in [1.807, 2.05) is 0 Å². The molecule has 0 amide bonds. The molecule has 0 bridgehead atoms. The van der Waals surface area contributed by atoms with Crippen LogP contribution in [0.5, 0.6) is 0 Å². The molecule has 1 atom stereocenters. The van der Waals surface area contributed by atoms with Gasteiger partial charge in [-0.2, -0.15) is 0 Å². The summed E-state index contributed by atoms with van der Waals surface area (Å²) in [5.41, 5.74) is 4.36. The molecule has 1 aliphatic heterocycles. The van der Waals surface area contributed by atoms with Gasteiger partial charge in [-0.3, -0.25) is 0 Å². The molecule has 1 aliphatic rings. The first-order chi connectivity index (χ1) is 9.04. The van der Waals surface area contributed by atoms with Crippen LogP contribution in [0.25, 0.3) is 0 Å². The van der Waals surface area contributed by atoms with E-state index >= 15 is 0 Å². The zero-order chi connectivity index (χ0) is 13.9. The summed E-state index contributed by atoms with van der Waals surface area (Å²) >= 11 is 0. The summed E-state index contributed by atoms with van der Waals surface area (Å²) in [7, 11) is 0. The van der Waals surface area contributed by atoms with Gasteiger partial charge in [0.15, 0.2) is 0 Å². The highest BCUT2D eigenvalue weighted by molar-refractivity contribution is 5.55. The molecule has 0 radical (unpaired) electrons. The van der Waals surface area contributed by atoms with E-state index in [4.69, 9.17) is 0 Å². The molecule has 19 heavy (non-hydrogen) atoms. The minimum Gasteiger partial charge on any atom is -0.366 e. The second-order valence-corrected chi connectivity index (χ2v) is 6.06. The van der Waals surface area contributed by atoms with E-state index in [1.165, 1.54) is 16.8 Å². The molecule has 1 N–H and O–H groups in total. The van der Waals surface area contributed by atoms with Crippen molar-refractivity contribution in [3.63, 3.8) is 0 Å². The van der Waals surface area contributed by atoms with Crippen LogP contribution in [0.4, 0.5) is 5.69 Å². The number of anilines is 1. The number of benzene rings is 1. The van der Waals surface area contributed by atoms with E-state index in [1.54, 1.807) is 0 Å². The van der Waals surface area contributed by atoms with Crippen LogP contribution in [0.15, 0.2) is 35.9 Å². The summed E-state index contributed by atoms with van der Waals surface area (Å²) in [6, 6.07) is 8.76. The van der Waals surface area contributed by atoms with Gasteiger partial charge >= 0.3 is 0 Å². The van der Waals surface area contributed by atoms with E-state index in [0.717, 1.165) is 26.1 Å². The van der Waals surface area contributed by atoms with Crippen molar-refractivity contribution in [1.82, 2.24) is 5.32 Å². The number of rotatable bonds is 3. The van der Waals surface area contributed by atoms with Crippen LogP contribution < -0.4 is 10.2 Å². The van der Waals surface area contributed by atoms with Crippen molar-refractivity contribution < 1.29 is 0 Å². The van der Waals surface area contributed by atoms with Gasteiger partial charge in [0.2, 0.25) is 0 Å². The topological polar surface area (TPSA) is 15.3 Å². The standard InChI is InChI=1S/C17H26N2/c1-5-17(4)13-19(11-10-14(2)3)16-9-7-6-8-15(16)12-18-17/h6-10,18H,5,11-13H2,1-4H3. The minimum atomic E-state index is 0.189. The third-order valence-electron chi connectivity index (χ3n) is 4.08. The highest BCUT2D eigenvalue weighted by Crippen LogP contribution is 2.27. The molecule has 1 aromatic carbocycles. The zero-order valence-corrected chi connectivity index (χ0v) is 12.7. The molecule has 0 aliphatic carbocycles. The molecule has 0 fully saturated rings. The normalized spacial score (nSPS) is 22.6. The van der Waals surface area contributed by atoms with E-state index in [2.05, 4.69) is 68.3 Å². The lowest BCUT2D eigenvalue weighted by molar-refractivity contribution is 0.351. The Morgan fingerprint density at radius 2 is 2.11 bits per heavy atom. The second kappa shape index (κ2) is 5.79. The van der Waals surface area contributed by atoms with E-state index in [0.29, 0.717) is 0 Å². The van der Waals surface area contributed by atoms with Gasteiger partial charge in [-0.25, -0.2) is 0 Å². The predicted octanol–water partition coefficient (Wildman–Crippen LogP) is 3.73. The van der Waals surface area contributed by atoms with Crippen LogP contribution in [0, 0.1) is 0 Å². The van der Waals surface area contributed by atoms with Crippen molar-refractivity contribution in [2.75, 3.05) is 18.0 Å². The Balaban J connectivity index is 2.32. The van der Waals surface area contributed by atoms with Crippen molar-refractivity contribution in [3.05, 3.63) is 41.5 Å². The quantitative estimate of drug-likeness (QED) is 0.831. The Morgan fingerprint density at radius 1 is 1.37 bits per heavy atom. The van der Waals surface area contributed by atoms with Gasteiger partial charge in [-0.1, -0.05) is 36.8 Å². The first kappa shape index (κ1) is 14.1. The van der Waals surface area contributed by atoms with Crippen molar-refractivity contribution in [3.8, 4) is 0 Å². The molecule has 104 valence electrons. The summed E-state index contributed by atoms with van der Waals surface area (Å²) in [5, 5.41) is 3.72. The van der Waals surface area contributed by atoms with Crippen LogP contribution in [0.3, 0.4) is 0 Å². The number of fused-ring (bicyclic) bond motifs is 1. The molecule has 0 saturated carbocycles. The van der Waals surface area contributed by atoms with Crippen molar-refractivity contribution in [2.24, 2.45) is 0 Å². The molecule has 2 heteroatoms. The van der Waals surface area contributed by atoms with Gasteiger partial charge < -0.3 is 10.2 Å². The van der Waals surface area contributed by atoms with Crippen molar-refractivity contribution in [2.45, 2.75) is 46.2 Å². The number of para-hydroxylation sites is 1. The van der Waals surface area contributed by atoms with Crippen molar-refractivity contribution >= 4 is 5.69 Å². The SMILES string of the molecule is CCC1(C)CN(CC=C(C)C)c2ccccc2CN1. The number of hydrogen-bond donors (Lipinski definition) is 1. The summed E-state index contributed by atoms with van der Waals surface area (Å²) in [6.45, 7) is 11.9. The smallest absolute Gasteiger partial charge is 0.0415 e. The predicted molar refractivity (Wildman–Crippen MR) is 83.6 cm³/mol. The van der Waals surface area contributed by atoms with Crippen LogP contribution in [0.1, 0.15) is 39.7 Å². The Labute approximate surface area is 117 Å². The molecule has 1 aromatic rings. The lowest BCUT2D eigenvalue weighted by Gasteiger charge is -2.33.